The van der Waals surface area contributed by atoms with Crippen LogP contribution in [0.15, 0.2) is 41.3 Å². The Bertz CT molecular complexity index is 1100. The van der Waals surface area contributed by atoms with Crippen LogP contribution >= 0.6 is 0 Å². The topological polar surface area (TPSA) is 96.0 Å². The van der Waals surface area contributed by atoms with Gasteiger partial charge in [0.05, 0.1) is 17.1 Å². The summed E-state index contributed by atoms with van der Waals surface area (Å²) < 4.78 is 32.7. The highest BCUT2D eigenvalue weighted by Crippen LogP contribution is 2.33. The van der Waals surface area contributed by atoms with Crippen LogP contribution in [0.3, 0.4) is 0 Å². The van der Waals surface area contributed by atoms with Crippen molar-refractivity contribution >= 4 is 33.2 Å². The lowest BCUT2D eigenvalue weighted by molar-refractivity contribution is -0.119. The summed E-state index contributed by atoms with van der Waals surface area (Å²) in [5.74, 6) is -0.335. The van der Waals surface area contributed by atoms with Gasteiger partial charge in [-0.1, -0.05) is 12.1 Å². The van der Waals surface area contributed by atoms with Crippen LogP contribution in [-0.4, -0.2) is 51.3 Å². The Hall–Kier alpha value is -2.91. The van der Waals surface area contributed by atoms with Crippen molar-refractivity contribution in [2.45, 2.75) is 25.7 Å². The molecule has 0 radical (unpaired) electrons. The molecule has 0 aromatic heterocycles. The van der Waals surface area contributed by atoms with Crippen LogP contribution in [0, 0.1) is 13.8 Å². The number of hydrogen-bond donors (Lipinski definition) is 1. The first-order valence-corrected chi connectivity index (χ1v) is 11.0. The van der Waals surface area contributed by atoms with Gasteiger partial charge in [-0.2, -0.15) is 4.31 Å². The number of benzene rings is 2. The summed E-state index contributed by atoms with van der Waals surface area (Å²) in [7, 11) is -2.58. The Kier molecular flexibility index (Phi) is 6.14. The number of anilines is 2. The largest absolute Gasteiger partial charge is 0.482 e. The number of aryl methyl sites for hydroxylation is 2. The molecular weight excluding hydrogens is 406 g/mol. The van der Waals surface area contributed by atoms with Crippen LogP contribution in [0.4, 0.5) is 11.4 Å². The minimum absolute atomic E-state index is 0.0336. The summed E-state index contributed by atoms with van der Waals surface area (Å²) in [5, 5.41) is 2.65. The Morgan fingerprint density at radius 1 is 1.20 bits per heavy atom. The van der Waals surface area contributed by atoms with E-state index in [4.69, 9.17) is 4.74 Å². The van der Waals surface area contributed by atoms with Gasteiger partial charge in [-0.3, -0.25) is 9.59 Å². The van der Waals surface area contributed by atoms with Crippen LogP contribution < -0.4 is 15.0 Å². The standard InChI is InChI=1S/C21H25N3O5S/c1-5-24(16-8-6-7-14(2)9-16)21(26)12-23(4)30(27,28)19-11-18-17(10-15(19)3)22-20(25)13-29-18/h6-11H,5,12-13H2,1-4H3,(H,22,25). The molecule has 30 heavy (non-hydrogen) atoms. The van der Waals surface area contributed by atoms with E-state index in [1.165, 1.54) is 13.1 Å². The summed E-state index contributed by atoms with van der Waals surface area (Å²) in [6.45, 7) is 5.34. The zero-order valence-electron chi connectivity index (χ0n) is 17.4. The average Bonchev–Trinajstić information content (AvgIpc) is 2.67. The first-order chi connectivity index (χ1) is 14.1. The fourth-order valence-electron chi connectivity index (χ4n) is 3.32. The summed E-state index contributed by atoms with van der Waals surface area (Å²) >= 11 is 0. The summed E-state index contributed by atoms with van der Waals surface area (Å²) in [5.41, 5.74) is 2.61. The molecule has 0 fully saturated rings. The number of carbonyl (C=O) groups is 2. The lowest BCUT2D eigenvalue weighted by Gasteiger charge is -2.26. The molecule has 8 nitrogen and oxygen atoms in total. The van der Waals surface area contributed by atoms with E-state index < -0.39 is 10.0 Å². The average molecular weight is 432 g/mol. The summed E-state index contributed by atoms with van der Waals surface area (Å²) in [6.07, 6.45) is 0. The molecule has 2 aromatic carbocycles. The second-order valence-electron chi connectivity index (χ2n) is 7.19. The van der Waals surface area contributed by atoms with E-state index in [9.17, 15) is 18.0 Å². The van der Waals surface area contributed by atoms with Gasteiger partial charge in [0.15, 0.2) is 6.61 Å². The number of carbonyl (C=O) groups excluding carboxylic acids is 2. The molecule has 0 atom stereocenters. The molecule has 0 bridgehead atoms. The van der Waals surface area contributed by atoms with Crippen molar-refractivity contribution in [2.24, 2.45) is 0 Å². The molecule has 1 aliphatic rings. The zero-order valence-corrected chi connectivity index (χ0v) is 18.2. The Morgan fingerprint density at radius 3 is 2.60 bits per heavy atom. The molecular formula is C21H25N3O5S. The summed E-state index contributed by atoms with van der Waals surface area (Å²) in [6, 6.07) is 10.4. The van der Waals surface area contributed by atoms with E-state index in [2.05, 4.69) is 5.32 Å². The minimum Gasteiger partial charge on any atom is -0.482 e. The predicted molar refractivity (Wildman–Crippen MR) is 114 cm³/mol. The lowest BCUT2D eigenvalue weighted by atomic mass is 10.2. The van der Waals surface area contributed by atoms with E-state index in [1.54, 1.807) is 17.9 Å². The van der Waals surface area contributed by atoms with Crippen LogP contribution in [0.1, 0.15) is 18.1 Å². The van der Waals surface area contributed by atoms with Crippen molar-refractivity contribution in [3.05, 3.63) is 47.5 Å². The third kappa shape index (κ3) is 4.31. The fraction of sp³-hybridized carbons (Fsp3) is 0.333. The highest BCUT2D eigenvalue weighted by molar-refractivity contribution is 7.89. The van der Waals surface area contributed by atoms with Crippen molar-refractivity contribution in [3.63, 3.8) is 0 Å². The van der Waals surface area contributed by atoms with E-state index in [-0.39, 0.29) is 35.6 Å². The smallest absolute Gasteiger partial charge is 0.262 e. The van der Waals surface area contributed by atoms with Gasteiger partial charge in [-0.25, -0.2) is 8.42 Å². The maximum absolute atomic E-state index is 13.2. The van der Waals surface area contributed by atoms with Crippen molar-refractivity contribution in [1.29, 1.82) is 0 Å². The molecule has 3 rings (SSSR count). The number of rotatable bonds is 6. The highest BCUT2D eigenvalue weighted by atomic mass is 32.2. The summed E-state index contributed by atoms with van der Waals surface area (Å²) in [4.78, 5) is 25.9. The molecule has 0 spiro atoms. The number of fused-ring (bicyclic) bond motifs is 1. The quantitative estimate of drug-likeness (QED) is 0.757. The molecule has 0 saturated heterocycles. The van der Waals surface area contributed by atoms with Gasteiger partial charge in [0.2, 0.25) is 15.9 Å². The van der Waals surface area contributed by atoms with Gasteiger partial charge < -0.3 is 15.0 Å². The van der Waals surface area contributed by atoms with Crippen molar-refractivity contribution in [1.82, 2.24) is 4.31 Å². The molecule has 9 heteroatoms. The second kappa shape index (κ2) is 8.45. The molecule has 1 heterocycles. The highest BCUT2D eigenvalue weighted by Gasteiger charge is 2.29. The molecule has 1 N–H and O–H groups in total. The molecule has 2 aromatic rings. The molecule has 2 amide bonds. The number of ether oxygens (including phenoxy) is 1. The third-order valence-corrected chi connectivity index (χ3v) is 6.83. The maximum Gasteiger partial charge on any atom is 0.262 e. The van der Waals surface area contributed by atoms with E-state index >= 15 is 0 Å². The molecule has 0 saturated carbocycles. The molecule has 160 valence electrons. The number of nitrogens with zero attached hydrogens (tertiary/aromatic N) is 2. The maximum atomic E-state index is 13.2. The molecule has 1 aliphatic heterocycles. The SMILES string of the molecule is CCN(C(=O)CN(C)S(=O)(=O)c1cc2c(cc1C)NC(=O)CO2)c1cccc(C)c1. The van der Waals surface area contributed by atoms with Crippen LogP contribution in [0.2, 0.25) is 0 Å². The first kappa shape index (κ1) is 21.8. The predicted octanol–water partition coefficient (Wildman–Crippen LogP) is 2.31. The van der Waals surface area contributed by atoms with E-state index in [1.807, 2.05) is 38.1 Å². The number of amides is 2. The third-order valence-electron chi connectivity index (χ3n) is 4.89. The van der Waals surface area contributed by atoms with Gasteiger partial charge in [0, 0.05) is 25.3 Å². The number of sulfonamides is 1. The second-order valence-corrected chi connectivity index (χ2v) is 9.20. The van der Waals surface area contributed by atoms with E-state index in [0.29, 0.717) is 17.8 Å². The number of hydrogen-bond acceptors (Lipinski definition) is 5. The van der Waals surface area contributed by atoms with Crippen molar-refractivity contribution < 1.29 is 22.7 Å². The molecule has 0 aliphatic carbocycles. The van der Waals surface area contributed by atoms with Crippen LogP contribution in [0.25, 0.3) is 0 Å². The molecule has 0 unspecified atom stereocenters. The monoisotopic (exact) mass is 431 g/mol. The zero-order chi connectivity index (χ0) is 22.1. The van der Waals surface area contributed by atoms with Crippen LogP contribution in [0.5, 0.6) is 5.75 Å². The van der Waals surface area contributed by atoms with Gasteiger partial charge >= 0.3 is 0 Å². The van der Waals surface area contributed by atoms with Crippen molar-refractivity contribution in [3.8, 4) is 5.75 Å². The number of nitrogens with one attached hydrogen (secondary N) is 1. The van der Waals surface area contributed by atoms with Gasteiger partial charge in [0.25, 0.3) is 5.91 Å². The number of likely N-dealkylation sites (N-methyl/N-ethyl adjacent to an activating group) is 2. The Balaban J connectivity index is 1.84. The normalized spacial score (nSPS) is 13.4. The Morgan fingerprint density at radius 2 is 1.93 bits per heavy atom. The minimum atomic E-state index is -3.95. The van der Waals surface area contributed by atoms with Gasteiger partial charge in [-0.15, -0.1) is 0 Å². The lowest BCUT2D eigenvalue weighted by Crippen LogP contribution is -2.41. The van der Waals surface area contributed by atoms with Gasteiger partial charge in [0.1, 0.15) is 5.75 Å². The fourth-order valence-corrected chi connectivity index (χ4v) is 4.66. The van der Waals surface area contributed by atoms with Crippen LogP contribution in [-0.2, 0) is 19.6 Å². The first-order valence-electron chi connectivity index (χ1n) is 9.54. The Labute approximate surface area is 176 Å². The van der Waals surface area contributed by atoms with Crippen molar-refractivity contribution in [2.75, 3.05) is 37.0 Å². The van der Waals surface area contributed by atoms with E-state index in [0.717, 1.165) is 15.6 Å². The van der Waals surface area contributed by atoms with Gasteiger partial charge in [-0.05, 0) is 50.1 Å².